The van der Waals surface area contributed by atoms with Crippen molar-refractivity contribution in [1.82, 2.24) is 10.1 Å². The summed E-state index contributed by atoms with van der Waals surface area (Å²) in [7, 11) is 0. The monoisotopic (exact) mass is 283 g/mol. The van der Waals surface area contributed by atoms with E-state index >= 15 is 0 Å². The van der Waals surface area contributed by atoms with E-state index in [-0.39, 0.29) is 0 Å². The van der Waals surface area contributed by atoms with Crippen LogP contribution in [0.15, 0.2) is 22.9 Å². The third-order valence-electron chi connectivity index (χ3n) is 4.66. The highest BCUT2D eigenvalue weighted by molar-refractivity contribution is 5.53. The average Bonchev–Trinajstić information content (AvgIpc) is 3.30. The van der Waals surface area contributed by atoms with Gasteiger partial charge in [0.1, 0.15) is 11.4 Å². The summed E-state index contributed by atoms with van der Waals surface area (Å²) in [4.78, 5) is 4.53. The first-order valence-corrected chi connectivity index (χ1v) is 7.96. The molecule has 2 aliphatic carbocycles. The molecule has 1 saturated carbocycles. The van der Waals surface area contributed by atoms with E-state index in [4.69, 9.17) is 4.52 Å². The van der Waals surface area contributed by atoms with E-state index in [0.29, 0.717) is 12.0 Å². The molecule has 0 spiro atoms. The van der Waals surface area contributed by atoms with Gasteiger partial charge in [0.2, 0.25) is 0 Å². The van der Waals surface area contributed by atoms with Crippen molar-refractivity contribution in [2.45, 2.75) is 57.4 Å². The molecule has 2 aromatic rings. The number of nitrogens with zero attached hydrogens (tertiary/aromatic N) is 2. The standard InChI is InChI=1S/C17H21N3O/c1-11-16(17(21-20-11)13-4-5-13)19-14-7-6-12-3-2-10-18-15(12)9-8-14/h2-3,10,13-14,19H,4-9H2,1H3. The fraction of sp³-hybridized carbons (Fsp3) is 0.529. The molecule has 0 amide bonds. The van der Waals surface area contributed by atoms with Crippen LogP contribution in [0.2, 0.25) is 0 Å². The Morgan fingerprint density at radius 1 is 1.19 bits per heavy atom. The van der Waals surface area contributed by atoms with Gasteiger partial charge in [-0.3, -0.25) is 4.98 Å². The normalized spacial score (nSPS) is 21.7. The second-order valence-electron chi connectivity index (χ2n) is 6.31. The fourth-order valence-corrected chi connectivity index (χ4v) is 3.24. The molecule has 0 saturated heterocycles. The maximum Gasteiger partial charge on any atom is 0.163 e. The predicted molar refractivity (Wildman–Crippen MR) is 81.5 cm³/mol. The molecule has 1 fully saturated rings. The van der Waals surface area contributed by atoms with Crippen molar-refractivity contribution in [3.05, 3.63) is 41.0 Å². The van der Waals surface area contributed by atoms with Gasteiger partial charge in [0.25, 0.3) is 0 Å². The van der Waals surface area contributed by atoms with E-state index in [9.17, 15) is 0 Å². The van der Waals surface area contributed by atoms with Crippen LogP contribution in [-0.4, -0.2) is 16.2 Å². The van der Waals surface area contributed by atoms with E-state index in [1.54, 1.807) is 0 Å². The summed E-state index contributed by atoms with van der Waals surface area (Å²) in [5, 5.41) is 7.87. The maximum atomic E-state index is 5.53. The van der Waals surface area contributed by atoms with Crippen LogP contribution < -0.4 is 5.32 Å². The van der Waals surface area contributed by atoms with Gasteiger partial charge >= 0.3 is 0 Å². The van der Waals surface area contributed by atoms with Gasteiger partial charge in [0, 0.05) is 23.9 Å². The topological polar surface area (TPSA) is 51.0 Å². The zero-order valence-corrected chi connectivity index (χ0v) is 12.4. The third-order valence-corrected chi connectivity index (χ3v) is 4.66. The molecule has 1 unspecified atom stereocenters. The molecule has 2 aromatic heterocycles. The average molecular weight is 283 g/mol. The molecule has 110 valence electrons. The Kier molecular flexibility index (Phi) is 3.17. The lowest BCUT2D eigenvalue weighted by Crippen LogP contribution is -2.20. The Morgan fingerprint density at radius 3 is 2.90 bits per heavy atom. The lowest BCUT2D eigenvalue weighted by molar-refractivity contribution is 0.381. The molecule has 2 aliphatic rings. The summed E-state index contributed by atoms with van der Waals surface area (Å²) in [5.41, 5.74) is 4.83. The van der Waals surface area contributed by atoms with Crippen molar-refractivity contribution in [1.29, 1.82) is 0 Å². The molecule has 0 aliphatic heterocycles. The van der Waals surface area contributed by atoms with Gasteiger partial charge < -0.3 is 9.84 Å². The number of aryl methyl sites for hydroxylation is 3. The summed E-state index contributed by atoms with van der Waals surface area (Å²) < 4.78 is 5.53. The number of aromatic nitrogens is 2. The number of hydrogen-bond donors (Lipinski definition) is 1. The molecule has 21 heavy (non-hydrogen) atoms. The van der Waals surface area contributed by atoms with Gasteiger partial charge in [-0.1, -0.05) is 11.2 Å². The van der Waals surface area contributed by atoms with Crippen LogP contribution in [0.5, 0.6) is 0 Å². The third kappa shape index (κ3) is 2.55. The number of pyridine rings is 1. The molecule has 4 nitrogen and oxygen atoms in total. The molecule has 4 rings (SSSR count). The number of nitrogens with one attached hydrogen (secondary N) is 1. The smallest absolute Gasteiger partial charge is 0.163 e. The summed E-state index contributed by atoms with van der Waals surface area (Å²) in [5.74, 6) is 1.67. The lowest BCUT2D eigenvalue weighted by Gasteiger charge is -2.17. The van der Waals surface area contributed by atoms with Crippen molar-refractivity contribution >= 4 is 5.69 Å². The minimum atomic E-state index is 0.481. The highest BCUT2D eigenvalue weighted by atomic mass is 16.5. The fourth-order valence-electron chi connectivity index (χ4n) is 3.24. The number of fused-ring (bicyclic) bond motifs is 1. The molecule has 0 aromatic carbocycles. The largest absolute Gasteiger partial charge is 0.378 e. The lowest BCUT2D eigenvalue weighted by atomic mass is 10.1. The summed E-state index contributed by atoms with van der Waals surface area (Å²) in [6, 6.07) is 4.74. The minimum Gasteiger partial charge on any atom is -0.378 e. The van der Waals surface area contributed by atoms with E-state index in [1.807, 2.05) is 19.2 Å². The minimum absolute atomic E-state index is 0.481. The van der Waals surface area contributed by atoms with Gasteiger partial charge in [-0.25, -0.2) is 0 Å². The molecule has 1 N–H and O–H groups in total. The van der Waals surface area contributed by atoms with Crippen molar-refractivity contribution in [3.63, 3.8) is 0 Å². The van der Waals surface area contributed by atoms with Gasteiger partial charge in [-0.15, -0.1) is 0 Å². The Bertz CT molecular complexity index is 618. The van der Waals surface area contributed by atoms with Crippen LogP contribution in [0.1, 0.15) is 54.3 Å². The highest BCUT2D eigenvalue weighted by Crippen LogP contribution is 2.44. The number of anilines is 1. The summed E-state index contributed by atoms with van der Waals surface area (Å²) >= 11 is 0. The summed E-state index contributed by atoms with van der Waals surface area (Å²) in [6.07, 6.45) is 8.81. The Morgan fingerprint density at radius 2 is 2.05 bits per heavy atom. The first-order chi connectivity index (χ1) is 10.3. The molecule has 1 atom stereocenters. The second kappa shape index (κ2) is 5.17. The van der Waals surface area contributed by atoms with Crippen LogP contribution in [0, 0.1) is 6.92 Å². The van der Waals surface area contributed by atoms with E-state index < -0.39 is 0 Å². The quantitative estimate of drug-likeness (QED) is 0.874. The van der Waals surface area contributed by atoms with Crippen molar-refractivity contribution < 1.29 is 4.52 Å². The van der Waals surface area contributed by atoms with Gasteiger partial charge in [-0.05, 0) is 57.1 Å². The molecular weight excluding hydrogens is 262 g/mol. The molecule has 2 heterocycles. The Hall–Kier alpha value is -1.84. The molecule has 0 bridgehead atoms. The van der Waals surface area contributed by atoms with Crippen LogP contribution in [0.4, 0.5) is 5.69 Å². The first-order valence-electron chi connectivity index (χ1n) is 7.96. The van der Waals surface area contributed by atoms with Crippen molar-refractivity contribution in [2.24, 2.45) is 0 Å². The second-order valence-corrected chi connectivity index (χ2v) is 6.31. The molecule has 4 heteroatoms. The highest BCUT2D eigenvalue weighted by Gasteiger charge is 2.32. The van der Waals surface area contributed by atoms with Crippen LogP contribution >= 0.6 is 0 Å². The Labute approximate surface area is 124 Å². The zero-order chi connectivity index (χ0) is 14.2. The van der Waals surface area contributed by atoms with Crippen LogP contribution in [0.3, 0.4) is 0 Å². The predicted octanol–water partition coefficient (Wildman–Crippen LogP) is 3.61. The van der Waals surface area contributed by atoms with Crippen LogP contribution in [0.25, 0.3) is 0 Å². The van der Waals surface area contributed by atoms with E-state index in [2.05, 4.69) is 21.5 Å². The summed E-state index contributed by atoms with van der Waals surface area (Å²) in [6.45, 7) is 2.03. The molecule has 0 radical (unpaired) electrons. The van der Waals surface area contributed by atoms with Crippen molar-refractivity contribution in [3.8, 4) is 0 Å². The van der Waals surface area contributed by atoms with E-state index in [1.165, 1.54) is 24.1 Å². The SMILES string of the molecule is Cc1noc(C2CC2)c1NC1CCc2cccnc2CC1. The van der Waals surface area contributed by atoms with E-state index in [0.717, 1.165) is 42.8 Å². The van der Waals surface area contributed by atoms with Crippen molar-refractivity contribution in [2.75, 3.05) is 5.32 Å². The van der Waals surface area contributed by atoms with Gasteiger partial charge in [-0.2, -0.15) is 0 Å². The Balaban J connectivity index is 1.50. The number of rotatable bonds is 3. The number of hydrogen-bond acceptors (Lipinski definition) is 4. The maximum absolute atomic E-state index is 5.53. The first kappa shape index (κ1) is 12.9. The molecular formula is C17H21N3O. The van der Waals surface area contributed by atoms with Gasteiger partial charge in [0.15, 0.2) is 5.76 Å². The van der Waals surface area contributed by atoms with Gasteiger partial charge in [0.05, 0.1) is 0 Å². The van der Waals surface area contributed by atoms with Crippen LogP contribution in [-0.2, 0) is 12.8 Å². The zero-order valence-electron chi connectivity index (χ0n) is 12.4.